The maximum atomic E-state index is 12.7. The zero-order valence-electron chi connectivity index (χ0n) is 16.5. The van der Waals surface area contributed by atoms with Gasteiger partial charge in [0.15, 0.2) is 5.82 Å². The van der Waals surface area contributed by atoms with Crippen molar-refractivity contribution in [3.05, 3.63) is 59.9 Å². The van der Waals surface area contributed by atoms with Gasteiger partial charge in [0.1, 0.15) is 0 Å². The number of amides is 1. The molecule has 1 N–H and O–H groups in total. The summed E-state index contributed by atoms with van der Waals surface area (Å²) in [4.78, 5) is 16.9. The molecular formula is C21H22N4O4S. The lowest BCUT2D eigenvalue weighted by atomic mass is 10.1. The van der Waals surface area contributed by atoms with Crippen molar-refractivity contribution in [2.75, 3.05) is 18.4 Å². The fourth-order valence-corrected chi connectivity index (χ4v) is 4.86. The number of anilines is 1. The summed E-state index contributed by atoms with van der Waals surface area (Å²) < 4.78 is 32.1. The van der Waals surface area contributed by atoms with Crippen LogP contribution >= 0.6 is 0 Å². The minimum Gasteiger partial charge on any atom is -0.334 e. The first-order valence-corrected chi connectivity index (χ1v) is 11.2. The minimum absolute atomic E-state index is 0.238. The maximum absolute atomic E-state index is 12.7. The van der Waals surface area contributed by atoms with Crippen molar-refractivity contribution in [1.29, 1.82) is 0 Å². The second kappa shape index (κ2) is 8.37. The predicted octanol–water partition coefficient (Wildman–Crippen LogP) is 3.47. The predicted molar refractivity (Wildman–Crippen MR) is 111 cm³/mol. The van der Waals surface area contributed by atoms with E-state index < -0.39 is 10.0 Å². The number of hydrogen-bond acceptors (Lipinski definition) is 6. The quantitative estimate of drug-likeness (QED) is 0.670. The lowest BCUT2D eigenvalue weighted by Crippen LogP contribution is -2.35. The maximum Gasteiger partial charge on any atom is 0.257 e. The number of nitrogens with one attached hydrogen (secondary N) is 1. The highest BCUT2D eigenvalue weighted by Gasteiger charge is 2.25. The van der Waals surface area contributed by atoms with E-state index in [-0.39, 0.29) is 10.8 Å². The number of aromatic nitrogens is 2. The summed E-state index contributed by atoms with van der Waals surface area (Å²) in [6, 6.07) is 13.1. The van der Waals surface area contributed by atoms with Crippen LogP contribution in [-0.2, 0) is 10.0 Å². The molecule has 2 heterocycles. The van der Waals surface area contributed by atoms with Gasteiger partial charge < -0.3 is 9.84 Å². The van der Waals surface area contributed by atoms with Crippen molar-refractivity contribution < 1.29 is 17.7 Å². The van der Waals surface area contributed by atoms with E-state index in [1.54, 1.807) is 43.3 Å². The third-order valence-electron chi connectivity index (χ3n) is 4.99. The van der Waals surface area contributed by atoms with Gasteiger partial charge in [-0.05, 0) is 68.3 Å². The first-order chi connectivity index (χ1) is 14.4. The number of nitrogens with zero attached hydrogens (tertiary/aromatic N) is 3. The van der Waals surface area contributed by atoms with Gasteiger partial charge in [0.25, 0.3) is 11.8 Å². The van der Waals surface area contributed by atoms with Crippen molar-refractivity contribution in [3.8, 4) is 11.5 Å². The van der Waals surface area contributed by atoms with Crippen LogP contribution in [0.3, 0.4) is 0 Å². The van der Waals surface area contributed by atoms with Crippen LogP contribution in [0, 0.1) is 6.92 Å². The number of carbonyl (C=O) groups excluding carboxylic acids is 1. The zero-order chi connectivity index (χ0) is 21.1. The number of benzene rings is 2. The van der Waals surface area contributed by atoms with Gasteiger partial charge in [0.05, 0.1) is 4.90 Å². The van der Waals surface area contributed by atoms with Gasteiger partial charge in [0, 0.05) is 29.9 Å². The lowest BCUT2D eigenvalue weighted by molar-refractivity contribution is 0.102. The Morgan fingerprint density at radius 1 is 1.00 bits per heavy atom. The Kier molecular flexibility index (Phi) is 5.65. The summed E-state index contributed by atoms with van der Waals surface area (Å²) in [5, 5.41) is 6.53. The Morgan fingerprint density at radius 2 is 1.67 bits per heavy atom. The van der Waals surface area contributed by atoms with E-state index in [1.807, 2.05) is 0 Å². The van der Waals surface area contributed by atoms with Crippen LogP contribution in [0.1, 0.15) is 35.4 Å². The van der Waals surface area contributed by atoms with Crippen molar-refractivity contribution in [2.24, 2.45) is 0 Å². The molecule has 1 fully saturated rings. The summed E-state index contributed by atoms with van der Waals surface area (Å²) in [7, 11) is -3.49. The van der Waals surface area contributed by atoms with Gasteiger partial charge in [0.2, 0.25) is 10.0 Å². The third kappa shape index (κ3) is 4.27. The number of carbonyl (C=O) groups is 1. The Balaban J connectivity index is 1.43. The van der Waals surface area contributed by atoms with Crippen LogP contribution in [0.4, 0.5) is 5.69 Å². The molecule has 9 heteroatoms. The molecule has 4 rings (SSSR count). The molecule has 1 saturated heterocycles. The fourth-order valence-electron chi connectivity index (χ4n) is 3.35. The molecule has 1 aromatic heterocycles. The monoisotopic (exact) mass is 426 g/mol. The summed E-state index contributed by atoms with van der Waals surface area (Å²) in [5.41, 5.74) is 1.70. The van der Waals surface area contributed by atoms with E-state index in [0.717, 1.165) is 24.8 Å². The first-order valence-electron chi connectivity index (χ1n) is 9.76. The highest BCUT2D eigenvalue weighted by molar-refractivity contribution is 7.89. The van der Waals surface area contributed by atoms with Crippen LogP contribution in [0.15, 0.2) is 57.9 Å². The summed E-state index contributed by atoms with van der Waals surface area (Å²) in [6.45, 7) is 2.85. The average Bonchev–Trinajstić information content (AvgIpc) is 3.21. The molecule has 0 saturated carbocycles. The van der Waals surface area contributed by atoms with Crippen molar-refractivity contribution in [3.63, 3.8) is 0 Å². The molecule has 0 atom stereocenters. The number of piperidine rings is 1. The van der Waals surface area contributed by atoms with Crippen LogP contribution < -0.4 is 5.32 Å². The number of sulfonamides is 1. The average molecular weight is 426 g/mol. The van der Waals surface area contributed by atoms with Gasteiger partial charge in [-0.3, -0.25) is 4.79 Å². The molecule has 1 aliphatic heterocycles. The van der Waals surface area contributed by atoms with Crippen molar-refractivity contribution >= 4 is 21.6 Å². The minimum atomic E-state index is -3.49. The van der Waals surface area contributed by atoms with E-state index in [2.05, 4.69) is 15.5 Å². The highest BCUT2D eigenvalue weighted by Crippen LogP contribution is 2.23. The van der Waals surface area contributed by atoms with E-state index in [1.165, 1.54) is 16.4 Å². The highest BCUT2D eigenvalue weighted by atomic mass is 32.2. The Hall–Kier alpha value is -3.04. The van der Waals surface area contributed by atoms with Gasteiger partial charge in [-0.25, -0.2) is 8.42 Å². The number of rotatable bonds is 5. The molecule has 1 amide bonds. The van der Waals surface area contributed by atoms with Crippen molar-refractivity contribution in [2.45, 2.75) is 31.1 Å². The molecule has 1 aliphatic rings. The summed E-state index contributed by atoms with van der Waals surface area (Å²) in [5.74, 6) is 0.637. The Morgan fingerprint density at radius 3 is 2.27 bits per heavy atom. The topological polar surface area (TPSA) is 105 Å². The standard InChI is InChI=1S/C21H22N4O4S/c1-15-22-21(29-24-15)17-7-5-16(6-8-17)20(26)23-18-9-11-19(12-10-18)30(27,28)25-13-3-2-4-14-25/h5-12H,2-4,13-14H2,1H3,(H,23,26). The molecule has 2 aromatic carbocycles. The summed E-state index contributed by atoms with van der Waals surface area (Å²) in [6.07, 6.45) is 2.84. The summed E-state index contributed by atoms with van der Waals surface area (Å²) >= 11 is 0. The molecule has 8 nitrogen and oxygen atoms in total. The lowest BCUT2D eigenvalue weighted by Gasteiger charge is -2.25. The zero-order valence-corrected chi connectivity index (χ0v) is 17.4. The molecule has 3 aromatic rings. The molecule has 156 valence electrons. The van der Waals surface area contributed by atoms with E-state index in [4.69, 9.17) is 4.52 Å². The third-order valence-corrected chi connectivity index (χ3v) is 6.90. The number of hydrogen-bond donors (Lipinski definition) is 1. The largest absolute Gasteiger partial charge is 0.334 e. The Bertz CT molecular complexity index is 1130. The van der Waals surface area contributed by atoms with Gasteiger partial charge in [-0.1, -0.05) is 11.6 Å². The molecular weight excluding hydrogens is 404 g/mol. The molecule has 0 bridgehead atoms. The Labute approximate surface area is 175 Å². The second-order valence-corrected chi connectivity index (χ2v) is 9.11. The van der Waals surface area contributed by atoms with Crippen LogP contribution in [0.25, 0.3) is 11.5 Å². The van der Waals surface area contributed by atoms with Crippen LogP contribution in [0.2, 0.25) is 0 Å². The van der Waals surface area contributed by atoms with Gasteiger partial charge >= 0.3 is 0 Å². The van der Waals surface area contributed by atoms with Gasteiger partial charge in [-0.2, -0.15) is 9.29 Å². The van der Waals surface area contributed by atoms with Crippen molar-refractivity contribution in [1.82, 2.24) is 14.4 Å². The van der Waals surface area contributed by atoms with Gasteiger partial charge in [-0.15, -0.1) is 0 Å². The SMILES string of the molecule is Cc1noc(-c2ccc(C(=O)Nc3ccc(S(=O)(=O)N4CCCCC4)cc3)cc2)n1. The molecule has 0 unspecified atom stereocenters. The number of aryl methyl sites for hydroxylation is 1. The van der Waals surface area contributed by atoms with E-state index in [9.17, 15) is 13.2 Å². The fraction of sp³-hybridized carbons (Fsp3) is 0.286. The molecule has 30 heavy (non-hydrogen) atoms. The van der Waals surface area contributed by atoms with Crippen LogP contribution in [-0.4, -0.2) is 41.9 Å². The molecule has 0 spiro atoms. The smallest absolute Gasteiger partial charge is 0.257 e. The van der Waals surface area contributed by atoms with E-state index in [0.29, 0.717) is 36.1 Å². The second-order valence-electron chi connectivity index (χ2n) is 7.17. The molecule has 0 radical (unpaired) electrons. The molecule has 0 aliphatic carbocycles. The van der Waals surface area contributed by atoms with Crippen LogP contribution in [0.5, 0.6) is 0 Å². The van der Waals surface area contributed by atoms with E-state index >= 15 is 0 Å². The normalized spacial score (nSPS) is 15.1. The first kappa shape index (κ1) is 20.2.